The molecule has 0 aliphatic carbocycles. The van der Waals surface area contributed by atoms with Crippen LogP contribution in [-0.2, 0) is 0 Å². The van der Waals surface area contributed by atoms with Gasteiger partial charge < -0.3 is 4.57 Å². The molecule has 5 nitrogen and oxygen atoms in total. The van der Waals surface area contributed by atoms with Crippen LogP contribution < -0.4 is 0 Å². The summed E-state index contributed by atoms with van der Waals surface area (Å²) < 4.78 is 3.20. The number of hydrogen-bond donors (Lipinski definition) is 0. The van der Waals surface area contributed by atoms with Crippen molar-refractivity contribution in [1.82, 2.24) is 4.57 Å². The van der Waals surface area contributed by atoms with Crippen LogP contribution in [0.2, 0.25) is 0 Å². The minimum absolute atomic E-state index is 0.0995. The first-order chi connectivity index (χ1) is 12.8. The van der Waals surface area contributed by atoms with Crippen molar-refractivity contribution >= 4 is 33.5 Å². The molecule has 138 valence electrons. The van der Waals surface area contributed by atoms with Gasteiger partial charge in [-0.2, -0.15) is 0 Å². The van der Waals surface area contributed by atoms with Gasteiger partial charge in [-0.15, -0.1) is 0 Å². The third-order valence-electron chi connectivity index (χ3n) is 4.73. The molecule has 0 N–H and O–H groups in total. The molecule has 27 heavy (non-hydrogen) atoms. The molecule has 3 aromatic rings. The molecular weight excluding hydrogens is 406 g/mol. The summed E-state index contributed by atoms with van der Waals surface area (Å²) in [5, 5.41) is 11.2. The van der Waals surface area contributed by atoms with Gasteiger partial charge in [0, 0.05) is 45.0 Å². The van der Waals surface area contributed by atoms with Gasteiger partial charge in [0.15, 0.2) is 0 Å². The summed E-state index contributed by atoms with van der Waals surface area (Å²) in [7, 11) is 0. The Kier molecular flexibility index (Phi) is 5.28. The number of nitro groups is 1. The number of nitro benzene ring substituents is 1. The Labute approximate surface area is 166 Å². The third kappa shape index (κ3) is 3.85. The zero-order valence-electron chi connectivity index (χ0n) is 15.7. The Bertz CT molecular complexity index is 1050. The fraction of sp³-hybridized carbons (Fsp3) is 0.190. The SMILES string of the molecule is Cc1cc(N=Cc2cc(C)n(-c3ccc(Br)cc3)c2C)cc([N+](=O)[O-])c1C. The molecule has 2 aromatic carbocycles. The van der Waals surface area contributed by atoms with E-state index in [9.17, 15) is 10.1 Å². The Morgan fingerprint density at radius 2 is 1.74 bits per heavy atom. The first-order valence-electron chi connectivity index (χ1n) is 8.52. The second kappa shape index (κ2) is 7.48. The number of halogens is 1. The predicted octanol–water partition coefficient (Wildman–Crippen LogP) is 6.13. The van der Waals surface area contributed by atoms with Crippen molar-refractivity contribution in [3.8, 4) is 5.69 Å². The van der Waals surface area contributed by atoms with Gasteiger partial charge >= 0.3 is 0 Å². The third-order valence-corrected chi connectivity index (χ3v) is 5.26. The van der Waals surface area contributed by atoms with E-state index >= 15 is 0 Å². The zero-order valence-corrected chi connectivity index (χ0v) is 17.2. The quantitative estimate of drug-likeness (QED) is 0.286. The van der Waals surface area contributed by atoms with E-state index in [2.05, 4.69) is 43.7 Å². The maximum atomic E-state index is 11.2. The van der Waals surface area contributed by atoms with Crippen LogP contribution in [0.15, 0.2) is 51.9 Å². The zero-order chi connectivity index (χ0) is 19.7. The number of aliphatic imine (C=N–C) groups is 1. The fourth-order valence-corrected chi connectivity index (χ4v) is 3.40. The van der Waals surface area contributed by atoms with Crippen molar-refractivity contribution in [3.05, 3.63) is 85.1 Å². The van der Waals surface area contributed by atoms with Crippen molar-refractivity contribution in [1.29, 1.82) is 0 Å². The summed E-state index contributed by atoms with van der Waals surface area (Å²) in [4.78, 5) is 15.4. The number of hydrogen-bond acceptors (Lipinski definition) is 3. The summed E-state index contributed by atoms with van der Waals surface area (Å²) in [6.45, 7) is 7.71. The summed E-state index contributed by atoms with van der Waals surface area (Å²) in [5.41, 5.74) is 6.44. The van der Waals surface area contributed by atoms with Gasteiger partial charge in [-0.05, 0) is 69.7 Å². The van der Waals surface area contributed by atoms with E-state index < -0.39 is 0 Å². The Hall–Kier alpha value is -2.73. The monoisotopic (exact) mass is 425 g/mol. The van der Waals surface area contributed by atoms with Gasteiger partial charge in [-0.1, -0.05) is 15.9 Å². The first-order valence-corrected chi connectivity index (χ1v) is 9.32. The van der Waals surface area contributed by atoms with Crippen LogP contribution in [0.4, 0.5) is 11.4 Å². The molecule has 0 amide bonds. The van der Waals surface area contributed by atoms with E-state index in [-0.39, 0.29) is 10.6 Å². The highest BCUT2D eigenvalue weighted by atomic mass is 79.9. The molecule has 0 fully saturated rings. The number of benzene rings is 2. The average Bonchev–Trinajstić information content (AvgIpc) is 2.90. The molecule has 0 spiro atoms. The molecule has 0 radical (unpaired) electrons. The molecule has 0 saturated heterocycles. The van der Waals surface area contributed by atoms with Gasteiger partial charge in [0.1, 0.15) is 0 Å². The molecule has 0 bridgehead atoms. The molecule has 0 unspecified atom stereocenters. The van der Waals surface area contributed by atoms with Gasteiger partial charge in [0.25, 0.3) is 5.69 Å². The van der Waals surface area contributed by atoms with Gasteiger partial charge in [-0.25, -0.2) is 0 Å². The molecule has 0 atom stereocenters. The topological polar surface area (TPSA) is 60.4 Å². The molecule has 0 aliphatic rings. The van der Waals surface area contributed by atoms with Gasteiger partial charge in [0.05, 0.1) is 10.6 Å². The van der Waals surface area contributed by atoms with Crippen molar-refractivity contribution in [2.75, 3.05) is 0 Å². The summed E-state index contributed by atoms with van der Waals surface area (Å²) >= 11 is 3.46. The Morgan fingerprint density at radius 1 is 1.07 bits per heavy atom. The minimum Gasteiger partial charge on any atom is -0.318 e. The minimum atomic E-state index is -0.360. The summed E-state index contributed by atoms with van der Waals surface area (Å²) in [6.07, 6.45) is 1.77. The number of nitrogens with zero attached hydrogens (tertiary/aromatic N) is 3. The lowest BCUT2D eigenvalue weighted by molar-refractivity contribution is -0.385. The predicted molar refractivity (Wildman–Crippen MR) is 113 cm³/mol. The van der Waals surface area contributed by atoms with Crippen LogP contribution in [-0.4, -0.2) is 15.7 Å². The van der Waals surface area contributed by atoms with E-state index in [0.29, 0.717) is 11.3 Å². The molecule has 0 saturated carbocycles. The van der Waals surface area contributed by atoms with Crippen LogP contribution >= 0.6 is 15.9 Å². The molecular formula is C21H20BrN3O2. The maximum Gasteiger partial charge on any atom is 0.274 e. The second-order valence-electron chi connectivity index (χ2n) is 6.56. The van der Waals surface area contributed by atoms with Crippen LogP contribution in [0.3, 0.4) is 0 Å². The van der Waals surface area contributed by atoms with E-state index in [1.54, 1.807) is 13.1 Å². The standard InChI is InChI=1S/C21H20BrN3O2/c1-13-9-19(11-21(15(13)3)25(26)27)23-12-17-10-14(2)24(16(17)4)20-7-5-18(22)6-8-20/h5-12H,1-4H3. The number of aryl methyl sites for hydroxylation is 2. The van der Waals surface area contributed by atoms with Crippen molar-refractivity contribution in [3.63, 3.8) is 0 Å². The Morgan fingerprint density at radius 3 is 2.37 bits per heavy atom. The first kappa shape index (κ1) is 19.0. The van der Waals surface area contributed by atoms with Gasteiger partial charge in [0.2, 0.25) is 0 Å². The lowest BCUT2D eigenvalue weighted by Crippen LogP contribution is -1.99. The van der Waals surface area contributed by atoms with Crippen molar-refractivity contribution in [2.45, 2.75) is 27.7 Å². The number of rotatable bonds is 4. The van der Waals surface area contributed by atoms with Crippen LogP contribution in [0, 0.1) is 37.8 Å². The molecule has 6 heteroatoms. The van der Waals surface area contributed by atoms with Crippen LogP contribution in [0.5, 0.6) is 0 Å². The van der Waals surface area contributed by atoms with Crippen molar-refractivity contribution in [2.24, 2.45) is 4.99 Å². The normalized spacial score (nSPS) is 11.3. The number of aromatic nitrogens is 1. The summed E-state index contributed by atoms with van der Waals surface area (Å²) in [6, 6.07) is 13.6. The fourth-order valence-electron chi connectivity index (χ4n) is 3.14. The largest absolute Gasteiger partial charge is 0.318 e. The lowest BCUT2D eigenvalue weighted by atomic mass is 10.1. The molecule has 0 aliphatic heterocycles. The van der Waals surface area contributed by atoms with E-state index in [4.69, 9.17) is 0 Å². The van der Waals surface area contributed by atoms with Crippen LogP contribution in [0.1, 0.15) is 28.1 Å². The van der Waals surface area contributed by atoms with Crippen molar-refractivity contribution < 1.29 is 4.92 Å². The second-order valence-corrected chi connectivity index (χ2v) is 7.48. The Balaban J connectivity index is 1.99. The van der Waals surface area contributed by atoms with Crippen LogP contribution in [0.25, 0.3) is 5.69 Å². The van der Waals surface area contributed by atoms with E-state index in [0.717, 1.165) is 32.7 Å². The highest BCUT2D eigenvalue weighted by molar-refractivity contribution is 9.10. The highest BCUT2D eigenvalue weighted by Crippen LogP contribution is 2.28. The van der Waals surface area contributed by atoms with Gasteiger partial charge in [-0.3, -0.25) is 15.1 Å². The molecule has 1 heterocycles. The molecule has 1 aromatic heterocycles. The smallest absolute Gasteiger partial charge is 0.274 e. The average molecular weight is 426 g/mol. The van der Waals surface area contributed by atoms with E-state index in [1.165, 1.54) is 6.07 Å². The lowest BCUT2D eigenvalue weighted by Gasteiger charge is -2.09. The highest BCUT2D eigenvalue weighted by Gasteiger charge is 2.14. The van der Waals surface area contributed by atoms with E-state index in [1.807, 2.05) is 39.0 Å². The summed E-state index contributed by atoms with van der Waals surface area (Å²) in [5.74, 6) is 0. The molecule has 3 rings (SSSR count). The maximum absolute atomic E-state index is 11.2.